The number of likely N-dealkylation sites (tertiary alicyclic amines) is 1. The third-order valence-electron chi connectivity index (χ3n) is 5.20. The molecule has 6 heteroatoms. The summed E-state index contributed by atoms with van der Waals surface area (Å²) in [6, 6.07) is 1.95. The lowest BCUT2D eigenvalue weighted by Gasteiger charge is -2.22. The maximum absolute atomic E-state index is 13.1. The first-order chi connectivity index (χ1) is 11.0. The van der Waals surface area contributed by atoms with Crippen molar-refractivity contribution in [3.8, 4) is 0 Å². The summed E-state index contributed by atoms with van der Waals surface area (Å²) in [5.74, 6) is 0.506. The molecule has 0 bridgehead atoms. The van der Waals surface area contributed by atoms with Gasteiger partial charge in [0.15, 0.2) is 0 Å². The van der Waals surface area contributed by atoms with Crippen molar-refractivity contribution in [3.63, 3.8) is 0 Å². The average molecular weight is 314 g/mol. The SMILES string of the molecule is Cc1noc2nc(C3CC3)cc(C(=O)N3CCC(C)(CN)C3)c12. The first kappa shape index (κ1) is 14.6. The summed E-state index contributed by atoms with van der Waals surface area (Å²) in [6.45, 7) is 6.05. The fourth-order valence-corrected chi connectivity index (χ4v) is 3.40. The van der Waals surface area contributed by atoms with Crippen LogP contribution in [0, 0.1) is 12.3 Å². The van der Waals surface area contributed by atoms with Gasteiger partial charge in [-0.3, -0.25) is 4.79 Å². The number of aryl methyl sites for hydroxylation is 1. The second kappa shape index (κ2) is 5.03. The third-order valence-corrected chi connectivity index (χ3v) is 5.20. The van der Waals surface area contributed by atoms with Gasteiger partial charge in [0.25, 0.3) is 11.6 Å². The standard InChI is InChI=1S/C17H22N4O2/c1-10-14-12(16(22)21-6-5-17(2,8-18)9-21)7-13(11-3-4-11)19-15(14)23-20-10/h7,11H,3-6,8-9,18H2,1-2H3. The van der Waals surface area contributed by atoms with Crippen LogP contribution in [-0.4, -0.2) is 40.6 Å². The molecule has 4 rings (SSSR count). The second-order valence-electron chi connectivity index (χ2n) is 7.31. The van der Waals surface area contributed by atoms with E-state index in [1.54, 1.807) is 0 Å². The van der Waals surface area contributed by atoms with Crippen molar-refractivity contribution in [1.29, 1.82) is 0 Å². The first-order valence-electron chi connectivity index (χ1n) is 8.27. The number of amides is 1. The van der Waals surface area contributed by atoms with Gasteiger partial charge in [0.05, 0.1) is 16.6 Å². The highest BCUT2D eigenvalue weighted by atomic mass is 16.5. The highest BCUT2D eigenvalue weighted by Gasteiger charge is 2.37. The maximum atomic E-state index is 13.1. The van der Waals surface area contributed by atoms with Gasteiger partial charge in [0, 0.05) is 24.7 Å². The molecule has 2 aromatic heterocycles. The van der Waals surface area contributed by atoms with Crippen LogP contribution in [0.4, 0.5) is 0 Å². The molecule has 1 aliphatic carbocycles. The van der Waals surface area contributed by atoms with Gasteiger partial charge in [0.1, 0.15) is 0 Å². The summed E-state index contributed by atoms with van der Waals surface area (Å²) < 4.78 is 5.33. The van der Waals surface area contributed by atoms with Crippen LogP contribution in [0.1, 0.15) is 53.8 Å². The van der Waals surface area contributed by atoms with Gasteiger partial charge in [-0.05, 0) is 44.2 Å². The molecule has 1 aliphatic heterocycles. The number of fused-ring (bicyclic) bond motifs is 1. The highest BCUT2D eigenvalue weighted by molar-refractivity contribution is 6.06. The molecular formula is C17H22N4O2. The molecule has 1 unspecified atom stereocenters. The number of carbonyl (C=O) groups excluding carboxylic acids is 1. The molecule has 0 radical (unpaired) electrons. The Balaban J connectivity index is 1.75. The van der Waals surface area contributed by atoms with Gasteiger partial charge in [-0.2, -0.15) is 0 Å². The van der Waals surface area contributed by atoms with Crippen LogP contribution in [0.5, 0.6) is 0 Å². The molecule has 1 saturated carbocycles. The van der Waals surface area contributed by atoms with Crippen molar-refractivity contribution in [2.75, 3.05) is 19.6 Å². The van der Waals surface area contributed by atoms with E-state index < -0.39 is 0 Å². The van der Waals surface area contributed by atoms with Crippen molar-refractivity contribution in [3.05, 3.63) is 23.0 Å². The summed E-state index contributed by atoms with van der Waals surface area (Å²) >= 11 is 0. The lowest BCUT2D eigenvalue weighted by molar-refractivity contribution is 0.0778. The largest absolute Gasteiger partial charge is 0.338 e. The Labute approximate surface area is 135 Å². The number of nitrogens with zero attached hydrogens (tertiary/aromatic N) is 3. The number of carbonyl (C=O) groups is 1. The molecular weight excluding hydrogens is 292 g/mol. The van der Waals surface area contributed by atoms with Gasteiger partial charge in [-0.15, -0.1) is 0 Å². The van der Waals surface area contributed by atoms with Crippen LogP contribution in [0.2, 0.25) is 0 Å². The molecule has 6 nitrogen and oxygen atoms in total. The van der Waals surface area contributed by atoms with E-state index >= 15 is 0 Å². The summed E-state index contributed by atoms with van der Waals surface area (Å²) in [7, 11) is 0. The molecule has 2 N–H and O–H groups in total. The lowest BCUT2D eigenvalue weighted by Crippen LogP contribution is -2.34. The Kier molecular flexibility index (Phi) is 3.20. The van der Waals surface area contributed by atoms with Crippen LogP contribution in [0.15, 0.2) is 10.6 Å². The Morgan fingerprint density at radius 2 is 2.30 bits per heavy atom. The van der Waals surface area contributed by atoms with Crippen molar-refractivity contribution < 1.29 is 9.32 Å². The van der Waals surface area contributed by atoms with Crippen molar-refractivity contribution in [2.24, 2.45) is 11.1 Å². The topological polar surface area (TPSA) is 85.2 Å². The second-order valence-corrected chi connectivity index (χ2v) is 7.31. The van der Waals surface area contributed by atoms with E-state index in [1.165, 1.54) is 0 Å². The fourth-order valence-electron chi connectivity index (χ4n) is 3.40. The van der Waals surface area contributed by atoms with Crippen molar-refractivity contribution >= 4 is 17.0 Å². The lowest BCUT2D eigenvalue weighted by atomic mass is 9.90. The number of pyridine rings is 1. The molecule has 2 aliphatic rings. The van der Waals surface area contributed by atoms with Gasteiger partial charge in [0.2, 0.25) is 0 Å². The quantitative estimate of drug-likeness (QED) is 0.939. The number of rotatable bonds is 3. The third kappa shape index (κ3) is 2.41. The Morgan fingerprint density at radius 1 is 1.52 bits per heavy atom. The predicted octanol–water partition coefficient (Wildman–Crippen LogP) is 2.22. The molecule has 2 fully saturated rings. The number of hydrogen-bond donors (Lipinski definition) is 1. The van der Waals surface area contributed by atoms with Crippen LogP contribution in [0.25, 0.3) is 11.1 Å². The zero-order valence-electron chi connectivity index (χ0n) is 13.6. The predicted molar refractivity (Wildman–Crippen MR) is 86.2 cm³/mol. The van der Waals surface area contributed by atoms with Crippen molar-refractivity contribution in [1.82, 2.24) is 15.0 Å². The molecule has 122 valence electrons. The number of nitrogens with two attached hydrogens (primary N) is 1. The van der Waals surface area contributed by atoms with Gasteiger partial charge < -0.3 is 15.2 Å². The fraction of sp³-hybridized carbons (Fsp3) is 0.588. The number of aromatic nitrogens is 2. The van der Waals surface area contributed by atoms with E-state index in [0.717, 1.165) is 42.6 Å². The molecule has 1 atom stereocenters. The summed E-state index contributed by atoms with van der Waals surface area (Å²) in [4.78, 5) is 19.6. The molecule has 23 heavy (non-hydrogen) atoms. The average Bonchev–Trinajstić information content (AvgIpc) is 3.24. The minimum Gasteiger partial charge on any atom is -0.338 e. The van der Waals surface area contributed by atoms with E-state index in [0.29, 0.717) is 30.3 Å². The Bertz CT molecular complexity index is 780. The molecule has 3 heterocycles. The van der Waals surface area contributed by atoms with E-state index in [9.17, 15) is 4.79 Å². The van der Waals surface area contributed by atoms with Gasteiger partial charge in [-0.25, -0.2) is 4.98 Å². The molecule has 1 amide bonds. The molecule has 1 saturated heterocycles. The first-order valence-corrected chi connectivity index (χ1v) is 8.27. The van der Waals surface area contributed by atoms with Crippen molar-refractivity contribution in [2.45, 2.75) is 39.0 Å². The van der Waals surface area contributed by atoms with Gasteiger partial charge >= 0.3 is 0 Å². The Hall–Kier alpha value is -1.95. The van der Waals surface area contributed by atoms with Crippen LogP contribution < -0.4 is 5.73 Å². The van der Waals surface area contributed by atoms with E-state index in [4.69, 9.17) is 10.3 Å². The molecule has 0 spiro atoms. The highest BCUT2D eigenvalue weighted by Crippen LogP contribution is 2.41. The summed E-state index contributed by atoms with van der Waals surface area (Å²) in [5, 5.41) is 4.75. The zero-order chi connectivity index (χ0) is 16.2. The van der Waals surface area contributed by atoms with E-state index in [-0.39, 0.29) is 11.3 Å². The monoisotopic (exact) mass is 314 g/mol. The minimum atomic E-state index is 0.0187. The zero-order valence-corrected chi connectivity index (χ0v) is 13.6. The van der Waals surface area contributed by atoms with Crippen LogP contribution >= 0.6 is 0 Å². The number of hydrogen-bond acceptors (Lipinski definition) is 5. The minimum absolute atomic E-state index is 0.0187. The normalized spacial score (nSPS) is 24.6. The summed E-state index contributed by atoms with van der Waals surface area (Å²) in [6.07, 6.45) is 3.21. The van der Waals surface area contributed by atoms with Crippen LogP contribution in [0.3, 0.4) is 0 Å². The smallest absolute Gasteiger partial charge is 0.259 e. The van der Waals surface area contributed by atoms with E-state index in [2.05, 4.69) is 17.1 Å². The molecule has 2 aromatic rings. The maximum Gasteiger partial charge on any atom is 0.259 e. The Morgan fingerprint density at radius 3 is 2.96 bits per heavy atom. The molecule has 0 aromatic carbocycles. The summed E-state index contributed by atoms with van der Waals surface area (Å²) in [5.41, 5.74) is 8.72. The van der Waals surface area contributed by atoms with Crippen LogP contribution in [-0.2, 0) is 0 Å². The van der Waals surface area contributed by atoms with Gasteiger partial charge in [-0.1, -0.05) is 12.1 Å². The van der Waals surface area contributed by atoms with E-state index in [1.807, 2.05) is 17.9 Å².